The van der Waals surface area contributed by atoms with Crippen molar-refractivity contribution >= 4 is 51.4 Å². The first-order valence-corrected chi connectivity index (χ1v) is 10.2. The van der Waals surface area contributed by atoms with E-state index in [1.165, 1.54) is 12.1 Å². The second kappa shape index (κ2) is 9.01. The number of amides is 2. The van der Waals surface area contributed by atoms with Gasteiger partial charge >= 0.3 is 0 Å². The average molecular weight is 463 g/mol. The number of carbonyl (C=O) groups is 2. The highest BCUT2D eigenvalue weighted by atomic mass is 35.5. The fourth-order valence-corrected chi connectivity index (χ4v) is 3.55. The molecule has 9 nitrogen and oxygen atoms in total. The Hall–Kier alpha value is -4.37. The lowest BCUT2D eigenvalue weighted by Crippen LogP contribution is -2.26. The number of hydrazine groups is 1. The Morgan fingerprint density at radius 3 is 2.52 bits per heavy atom. The molecule has 0 aliphatic heterocycles. The molecule has 0 bridgehead atoms. The number of nitrogens with one attached hydrogen (secondary N) is 2. The summed E-state index contributed by atoms with van der Waals surface area (Å²) in [5.74, 6) is -0.906. The normalized spacial score (nSPS) is 10.6. The molecule has 0 spiro atoms. The molecule has 0 unspecified atom stereocenters. The van der Waals surface area contributed by atoms with Crippen LogP contribution in [0.15, 0.2) is 66.9 Å². The molecule has 5 N–H and O–H groups in total. The molecule has 0 fully saturated rings. The minimum Gasteiger partial charge on any atom is -0.505 e. The summed E-state index contributed by atoms with van der Waals surface area (Å²) < 4.78 is 0. The van der Waals surface area contributed by atoms with Gasteiger partial charge in [0.2, 0.25) is 5.91 Å². The molecule has 0 saturated heterocycles. The van der Waals surface area contributed by atoms with Crippen LogP contribution in [-0.2, 0) is 0 Å². The number of benzene rings is 3. The summed E-state index contributed by atoms with van der Waals surface area (Å²) in [6.07, 6.45) is 1.54. The number of rotatable bonds is 6. The van der Waals surface area contributed by atoms with E-state index in [1.807, 2.05) is 0 Å². The SMILES string of the molecule is CN(Nc1cccnn1)c1c(O)c(C(=O)Nc2ccc(C(N)=O)cc2)cc2cc(Cl)ccc12. The third kappa shape index (κ3) is 4.63. The van der Waals surface area contributed by atoms with E-state index in [2.05, 4.69) is 20.9 Å². The van der Waals surface area contributed by atoms with Crippen molar-refractivity contribution in [1.82, 2.24) is 10.2 Å². The van der Waals surface area contributed by atoms with Crippen LogP contribution in [0.25, 0.3) is 10.8 Å². The third-order valence-electron chi connectivity index (χ3n) is 4.91. The van der Waals surface area contributed by atoms with Gasteiger partial charge in [0.15, 0.2) is 11.6 Å². The van der Waals surface area contributed by atoms with E-state index in [4.69, 9.17) is 17.3 Å². The van der Waals surface area contributed by atoms with Gasteiger partial charge in [-0.3, -0.25) is 20.0 Å². The summed E-state index contributed by atoms with van der Waals surface area (Å²) in [5, 5.41) is 25.0. The van der Waals surface area contributed by atoms with Crippen LogP contribution in [0.2, 0.25) is 5.02 Å². The van der Waals surface area contributed by atoms with Gasteiger partial charge in [0, 0.05) is 34.9 Å². The van der Waals surface area contributed by atoms with Crippen LogP contribution >= 0.6 is 11.6 Å². The topological polar surface area (TPSA) is 133 Å². The Labute approximate surface area is 193 Å². The van der Waals surface area contributed by atoms with Crippen LogP contribution in [0.3, 0.4) is 0 Å². The minimum absolute atomic E-state index is 0.0338. The van der Waals surface area contributed by atoms with Crippen molar-refractivity contribution in [3.05, 3.63) is 83.0 Å². The molecule has 1 heterocycles. The smallest absolute Gasteiger partial charge is 0.259 e. The van der Waals surface area contributed by atoms with Crippen LogP contribution < -0.4 is 21.5 Å². The van der Waals surface area contributed by atoms with Gasteiger partial charge in [0.25, 0.3) is 5.91 Å². The van der Waals surface area contributed by atoms with Crippen molar-refractivity contribution in [2.24, 2.45) is 5.73 Å². The van der Waals surface area contributed by atoms with E-state index < -0.39 is 11.8 Å². The number of phenolic OH excluding ortho intramolecular Hbond substituents is 1. The van der Waals surface area contributed by atoms with Crippen LogP contribution in [0.1, 0.15) is 20.7 Å². The van der Waals surface area contributed by atoms with E-state index in [0.717, 1.165) is 0 Å². The maximum Gasteiger partial charge on any atom is 0.259 e. The molecular formula is C23H19ClN6O3. The van der Waals surface area contributed by atoms with Crippen molar-refractivity contribution in [2.45, 2.75) is 0 Å². The number of phenols is 1. The van der Waals surface area contributed by atoms with Crippen LogP contribution in [0, 0.1) is 0 Å². The first-order chi connectivity index (χ1) is 15.8. The Bertz CT molecular complexity index is 1350. The molecule has 2 amide bonds. The molecule has 4 rings (SSSR count). The van der Waals surface area contributed by atoms with Gasteiger partial charge in [-0.25, -0.2) is 0 Å². The zero-order valence-corrected chi connectivity index (χ0v) is 18.2. The molecule has 3 aromatic carbocycles. The second-order valence-corrected chi connectivity index (χ2v) is 7.60. The molecule has 1 aromatic heterocycles. The highest BCUT2D eigenvalue weighted by Gasteiger charge is 2.21. The summed E-state index contributed by atoms with van der Waals surface area (Å²) in [7, 11) is 1.68. The summed E-state index contributed by atoms with van der Waals surface area (Å²) >= 11 is 6.17. The monoisotopic (exact) mass is 462 g/mol. The standard InChI is InChI=1S/C23H19ClN6O3/c1-30(29-19-3-2-10-26-28-19)20-17-9-6-15(24)11-14(17)12-18(21(20)31)23(33)27-16-7-4-13(5-8-16)22(25)32/h2-12,31H,1H3,(H2,25,32)(H,27,33)(H,28,29). The van der Waals surface area contributed by atoms with E-state index >= 15 is 0 Å². The number of nitrogens with zero attached hydrogens (tertiary/aromatic N) is 3. The summed E-state index contributed by atoms with van der Waals surface area (Å²) in [5.41, 5.74) is 9.42. The van der Waals surface area contributed by atoms with Crippen molar-refractivity contribution < 1.29 is 14.7 Å². The van der Waals surface area contributed by atoms with Crippen molar-refractivity contribution in [2.75, 3.05) is 22.8 Å². The lowest BCUT2D eigenvalue weighted by molar-refractivity contribution is 0.0998. The molecule has 0 aliphatic carbocycles. The van der Waals surface area contributed by atoms with E-state index in [-0.39, 0.29) is 11.3 Å². The number of halogens is 1. The highest BCUT2D eigenvalue weighted by Crippen LogP contribution is 2.39. The van der Waals surface area contributed by atoms with Gasteiger partial charge in [-0.2, -0.15) is 5.10 Å². The Kier molecular flexibility index (Phi) is 5.97. The number of hydrogen-bond acceptors (Lipinski definition) is 7. The predicted molar refractivity (Wildman–Crippen MR) is 128 cm³/mol. The lowest BCUT2D eigenvalue weighted by atomic mass is 10.0. The maximum absolute atomic E-state index is 13.1. The lowest BCUT2D eigenvalue weighted by Gasteiger charge is -2.24. The largest absolute Gasteiger partial charge is 0.505 e. The summed E-state index contributed by atoms with van der Waals surface area (Å²) in [4.78, 5) is 24.3. The number of primary amides is 1. The first-order valence-electron chi connectivity index (χ1n) is 9.78. The minimum atomic E-state index is -0.569. The molecule has 0 aliphatic rings. The fourth-order valence-electron chi connectivity index (χ4n) is 3.37. The van der Waals surface area contributed by atoms with Gasteiger partial charge in [-0.1, -0.05) is 17.7 Å². The van der Waals surface area contributed by atoms with Crippen LogP contribution in [-0.4, -0.2) is 34.2 Å². The highest BCUT2D eigenvalue weighted by molar-refractivity contribution is 6.31. The Morgan fingerprint density at radius 1 is 1.09 bits per heavy atom. The van der Waals surface area contributed by atoms with E-state index in [0.29, 0.717) is 38.6 Å². The predicted octanol–water partition coefficient (Wildman–Crippen LogP) is 3.80. The van der Waals surface area contributed by atoms with Gasteiger partial charge < -0.3 is 16.2 Å². The number of aromatic hydroxyl groups is 1. The number of nitrogens with two attached hydrogens (primary N) is 1. The number of anilines is 3. The third-order valence-corrected chi connectivity index (χ3v) is 5.14. The van der Waals surface area contributed by atoms with Gasteiger partial charge in [-0.05, 0) is 60.0 Å². The molecule has 0 radical (unpaired) electrons. The zero-order chi connectivity index (χ0) is 23.5. The molecule has 33 heavy (non-hydrogen) atoms. The number of fused-ring (bicyclic) bond motifs is 1. The van der Waals surface area contributed by atoms with Gasteiger partial charge in [-0.15, -0.1) is 5.10 Å². The Morgan fingerprint density at radius 2 is 1.85 bits per heavy atom. The number of carbonyl (C=O) groups excluding carboxylic acids is 2. The second-order valence-electron chi connectivity index (χ2n) is 7.16. The molecular weight excluding hydrogens is 444 g/mol. The maximum atomic E-state index is 13.1. The first kappa shape index (κ1) is 21.8. The summed E-state index contributed by atoms with van der Waals surface area (Å²) in [6, 6.07) is 16.3. The average Bonchev–Trinajstić information content (AvgIpc) is 2.79. The van der Waals surface area contributed by atoms with Crippen molar-refractivity contribution in [1.29, 1.82) is 0 Å². The Balaban J connectivity index is 1.74. The fraction of sp³-hybridized carbons (Fsp3) is 0.0435. The van der Waals surface area contributed by atoms with E-state index in [1.54, 1.807) is 66.8 Å². The van der Waals surface area contributed by atoms with E-state index in [9.17, 15) is 14.7 Å². The molecule has 0 saturated carbocycles. The molecule has 166 valence electrons. The van der Waals surface area contributed by atoms with Gasteiger partial charge in [0.1, 0.15) is 5.69 Å². The van der Waals surface area contributed by atoms with Crippen molar-refractivity contribution in [3.8, 4) is 5.75 Å². The summed E-state index contributed by atoms with van der Waals surface area (Å²) in [6.45, 7) is 0. The van der Waals surface area contributed by atoms with Crippen molar-refractivity contribution in [3.63, 3.8) is 0 Å². The molecule has 4 aromatic rings. The number of hydrogen-bond donors (Lipinski definition) is 4. The number of aromatic nitrogens is 2. The molecule has 10 heteroatoms. The van der Waals surface area contributed by atoms with Gasteiger partial charge in [0.05, 0.1) is 5.56 Å². The van der Waals surface area contributed by atoms with Crippen LogP contribution in [0.5, 0.6) is 5.75 Å². The quantitative estimate of drug-likeness (QED) is 0.320. The zero-order valence-electron chi connectivity index (χ0n) is 17.4. The molecule has 0 atom stereocenters. The van der Waals surface area contributed by atoms with Crippen LogP contribution in [0.4, 0.5) is 17.2 Å².